The van der Waals surface area contributed by atoms with E-state index in [2.05, 4.69) is 4.99 Å². The molecule has 56 heavy (non-hydrogen) atoms. The summed E-state index contributed by atoms with van der Waals surface area (Å²) in [6.45, 7) is -0.768. The van der Waals surface area contributed by atoms with Crippen LogP contribution in [0.3, 0.4) is 0 Å². The average molecular weight is 768 g/mol. The second-order valence-corrected chi connectivity index (χ2v) is 12.1. The Kier molecular flexibility index (Phi) is 12.5. The minimum Gasteiger partial charge on any atom is -0.459 e. The van der Waals surface area contributed by atoms with Crippen LogP contribution in [0, 0.1) is 0 Å². The zero-order chi connectivity index (χ0) is 39.5. The smallest absolute Gasteiger partial charge is 0.459 e. The molecule has 0 unspecified atom stereocenters. The summed E-state index contributed by atoms with van der Waals surface area (Å²) in [7, 11) is 0. The number of carbonyl (C=O) groups excluding carboxylic acids is 4. The first-order valence-corrected chi connectivity index (χ1v) is 17.1. The van der Waals surface area contributed by atoms with Crippen LogP contribution in [0.2, 0.25) is 0 Å². The molecule has 0 aliphatic carbocycles. The molecule has 6 rings (SSSR count). The normalized spacial score (nSPS) is 19.6. The van der Waals surface area contributed by atoms with E-state index in [9.17, 15) is 32.3 Å². The fraction of sp³-hybridized carbons (Fsp3) is 0.167. The molecule has 5 aromatic carbocycles. The summed E-state index contributed by atoms with van der Waals surface area (Å²) in [5, 5.41) is 0. The van der Waals surface area contributed by atoms with Crippen molar-refractivity contribution in [3.8, 4) is 0 Å². The number of carbonyl (C=O) groups is 4. The molecule has 1 aliphatic rings. The number of hydrogen-bond acceptors (Lipinski definition) is 11. The molecule has 14 heteroatoms. The minimum atomic E-state index is -5.24. The number of halogens is 3. The first kappa shape index (κ1) is 38.9. The lowest BCUT2D eigenvalue weighted by molar-refractivity contribution is -0.283. The number of nitrogens with zero attached hydrogens (tertiary/aromatic N) is 1. The Balaban J connectivity index is 1.46. The molecule has 1 heterocycles. The summed E-state index contributed by atoms with van der Waals surface area (Å²) in [5.74, 6) is -5.77. The van der Waals surface area contributed by atoms with Crippen LogP contribution in [0.4, 0.5) is 18.9 Å². The SMILES string of the molecule is O=C(OC[C@H]1O[C@@H](OC(=Nc2ccccc2)C(F)(F)F)[C@H](OC(=O)c2ccccc2)[C@@H](OC(=O)c2ccccc2)[C@H]1OC(=O)c1ccccc1)c1ccccc1. The predicted octanol–water partition coefficient (Wildman–Crippen LogP) is 7.55. The van der Waals surface area contributed by atoms with Gasteiger partial charge in [0.2, 0.25) is 12.4 Å². The standard InChI is InChI=1S/C42H32F3NO10/c43-42(44,45)41(46-31-24-14-5-15-25-31)56-40-35(55-39(50)30-22-12-4-13-23-30)34(54-38(49)29-20-10-3-11-21-29)33(53-37(48)28-18-8-2-9-19-28)32(52-40)26-51-36(47)27-16-6-1-7-17-27/h1-25,32-35,40H,26H2/t32-,33+,34+,35-,40+/m1/s1. The molecule has 0 radical (unpaired) electrons. The van der Waals surface area contributed by atoms with Gasteiger partial charge >= 0.3 is 30.1 Å². The third kappa shape index (κ3) is 10.0. The second kappa shape index (κ2) is 18.0. The second-order valence-electron chi connectivity index (χ2n) is 12.1. The third-order valence-electron chi connectivity index (χ3n) is 8.19. The van der Waals surface area contributed by atoms with Crippen LogP contribution in [0.5, 0.6) is 0 Å². The van der Waals surface area contributed by atoms with Gasteiger partial charge in [-0.3, -0.25) is 0 Å². The van der Waals surface area contributed by atoms with E-state index < -0.39 is 73.3 Å². The molecule has 1 saturated heterocycles. The van der Waals surface area contributed by atoms with Gasteiger partial charge in [0.1, 0.15) is 12.7 Å². The Morgan fingerprint density at radius 3 is 1.30 bits per heavy atom. The molecule has 0 saturated carbocycles. The molecule has 1 fully saturated rings. The van der Waals surface area contributed by atoms with Crippen molar-refractivity contribution in [2.75, 3.05) is 6.61 Å². The van der Waals surface area contributed by atoms with E-state index in [0.29, 0.717) is 0 Å². The summed E-state index contributed by atoms with van der Waals surface area (Å²) in [4.78, 5) is 57.7. The van der Waals surface area contributed by atoms with Gasteiger partial charge in [0, 0.05) is 0 Å². The lowest BCUT2D eigenvalue weighted by Gasteiger charge is -2.44. The number of esters is 4. The number of alkyl halides is 3. The quantitative estimate of drug-likeness (QED) is 0.0574. The number of para-hydroxylation sites is 1. The number of ether oxygens (including phenoxy) is 6. The fourth-order valence-corrected chi connectivity index (χ4v) is 5.51. The number of hydrogen-bond donors (Lipinski definition) is 0. The average Bonchev–Trinajstić information content (AvgIpc) is 3.22. The zero-order valence-corrected chi connectivity index (χ0v) is 29.2. The van der Waals surface area contributed by atoms with E-state index in [0.717, 1.165) is 0 Å². The molecule has 0 N–H and O–H groups in total. The van der Waals surface area contributed by atoms with Crippen molar-refractivity contribution in [3.63, 3.8) is 0 Å². The number of rotatable bonds is 11. The van der Waals surface area contributed by atoms with Gasteiger partial charge in [-0.25, -0.2) is 24.2 Å². The minimum absolute atomic E-state index is 0.00796. The van der Waals surface area contributed by atoms with Crippen molar-refractivity contribution in [2.45, 2.75) is 36.9 Å². The van der Waals surface area contributed by atoms with Crippen LogP contribution in [-0.2, 0) is 28.4 Å². The van der Waals surface area contributed by atoms with Gasteiger partial charge in [0.15, 0.2) is 12.2 Å². The van der Waals surface area contributed by atoms with Gasteiger partial charge in [-0.1, -0.05) is 91.0 Å². The highest BCUT2D eigenvalue weighted by molar-refractivity contribution is 5.92. The number of benzene rings is 5. The van der Waals surface area contributed by atoms with Crippen molar-refractivity contribution in [1.82, 2.24) is 0 Å². The molecular formula is C42H32F3NO10. The highest BCUT2D eigenvalue weighted by atomic mass is 19.4. The van der Waals surface area contributed by atoms with Crippen molar-refractivity contribution in [2.24, 2.45) is 4.99 Å². The lowest BCUT2D eigenvalue weighted by Crippen LogP contribution is -2.63. The highest BCUT2D eigenvalue weighted by Gasteiger charge is 2.56. The zero-order valence-electron chi connectivity index (χ0n) is 29.2. The Morgan fingerprint density at radius 1 is 0.500 bits per heavy atom. The molecule has 0 bridgehead atoms. The maximum absolute atomic E-state index is 14.7. The van der Waals surface area contributed by atoms with Gasteiger partial charge in [0.25, 0.3) is 5.90 Å². The van der Waals surface area contributed by atoms with Crippen LogP contribution in [0.25, 0.3) is 0 Å². The van der Waals surface area contributed by atoms with E-state index in [1.165, 1.54) is 97.1 Å². The van der Waals surface area contributed by atoms with Gasteiger partial charge in [0.05, 0.1) is 27.9 Å². The van der Waals surface area contributed by atoms with Crippen LogP contribution >= 0.6 is 0 Å². The van der Waals surface area contributed by atoms with E-state index in [-0.39, 0.29) is 27.9 Å². The van der Waals surface area contributed by atoms with Crippen LogP contribution in [-0.4, -0.2) is 73.3 Å². The molecule has 0 spiro atoms. The third-order valence-corrected chi connectivity index (χ3v) is 8.19. The molecule has 5 aromatic rings. The Bertz CT molecular complexity index is 2120. The van der Waals surface area contributed by atoms with Crippen LogP contribution < -0.4 is 0 Å². The summed E-state index contributed by atoms with van der Waals surface area (Å²) < 4.78 is 78.6. The molecule has 5 atom stereocenters. The van der Waals surface area contributed by atoms with E-state index in [1.54, 1.807) is 54.6 Å². The molecule has 11 nitrogen and oxygen atoms in total. The van der Waals surface area contributed by atoms with Crippen LogP contribution in [0.15, 0.2) is 157 Å². The Hall–Kier alpha value is -6.80. The maximum Gasteiger partial charge on any atom is 0.468 e. The van der Waals surface area contributed by atoms with Crippen LogP contribution in [0.1, 0.15) is 41.4 Å². The van der Waals surface area contributed by atoms with Crippen molar-refractivity contribution < 1.29 is 60.8 Å². The molecule has 0 aromatic heterocycles. The maximum atomic E-state index is 14.7. The molecule has 0 amide bonds. The first-order chi connectivity index (χ1) is 27.1. The summed E-state index contributed by atoms with van der Waals surface area (Å²) in [5.41, 5.74) is -0.0451. The molecule has 286 valence electrons. The Labute approximate surface area is 318 Å². The highest BCUT2D eigenvalue weighted by Crippen LogP contribution is 2.34. The van der Waals surface area contributed by atoms with Gasteiger partial charge < -0.3 is 28.4 Å². The van der Waals surface area contributed by atoms with Gasteiger partial charge in [-0.05, 0) is 60.7 Å². The predicted molar refractivity (Wildman–Crippen MR) is 193 cm³/mol. The van der Waals surface area contributed by atoms with E-state index in [4.69, 9.17) is 28.4 Å². The Morgan fingerprint density at radius 2 is 0.875 bits per heavy atom. The lowest BCUT2D eigenvalue weighted by atomic mass is 9.97. The first-order valence-electron chi connectivity index (χ1n) is 17.1. The number of aliphatic imine (C=N–C) groups is 1. The molecular weight excluding hydrogens is 735 g/mol. The van der Waals surface area contributed by atoms with Gasteiger partial charge in [-0.2, -0.15) is 13.2 Å². The van der Waals surface area contributed by atoms with Crippen molar-refractivity contribution in [1.29, 1.82) is 0 Å². The summed E-state index contributed by atoms with van der Waals surface area (Å²) in [6.07, 6.45) is -15.0. The van der Waals surface area contributed by atoms with E-state index >= 15 is 0 Å². The van der Waals surface area contributed by atoms with Crippen molar-refractivity contribution in [3.05, 3.63) is 174 Å². The largest absolute Gasteiger partial charge is 0.468 e. The van der Waals surface area contributed by atoms with E-state index in [1.807, 2.05) is 0 Å². The monoisotopic (exact) mass is 767 g/mol. The van der Waals surface area contributed by atoms with Gasteiger partial charge in [-0.15, -0.1) is 0 Å². The van der Waals surface area contributed by atoms with Crippen molar-refractivity contribution >= 4 is 35.5 Å². The topological polar surface area (TPSA) is 136 Å². The fourth-order valence-electron chi connectivity index (χ4n) is 5.51. The molecule has 1 aliphatic heterocycles. The summed E-state index contributed by atoms with van der Waals surface area (Å²) >= 11 is 0. The summed E-state index contributed by atoms with van der Waals surface area (Å²) in [6, 6.07) is 37.3.